The van der Waals surface area contributed by atoms with Crippen molar-refractivity contribution in [2.45, 2.75) is 44.7 Å². The summed E-state index contributed by atoms with van der Waals surface area (Å²) in [6.07, 6.45) is 8.48. The number of guanidine groups is 1. The molecule has 1 heterocycles. The Morgan fingerprint density at radius 3 is 2.71 bits per heavy atom. The van der Waals surface area contributed by atoms with Gasteiger partial charge in [0, 0.05) is 12.4 Å². The number of hydrogen-bond acceptors (Lipinski definition) is 2. The molecule has 0 bridgehead atoms. The molecule has 1 unspecified atom stereocenters. The maximum Gasteiger partial charge on any atom is 0.189 e. The van der Waals surface area contributed by atoms with E-state index in [4.69, 9.17) is 5.73 Å². The van der Waals surface area contributed by atoms with Gasteiger partial charge in [-0.15, -0.1) is 0 Å². The van der Waals surface area contributed by atoms with Crippen LogP contribution in [0.2, 0.25) is 0 Å². The Labute approximate surface area is 102 Å². The number of rotatable bonds is 3. The van der Waals surface area contributed by atoms with Crippen molar-refractivity contribution >= 4 is 5.96 Å². The van der Waals surface area contributed by atoms with Crippen LogP contribution in [0.25, 0.3) is 0 Å². The number of nitrogens with one attached hydrogen (secondary N) is 1. The number of nitrogens with zero attached hydrogens (tertiary/aromatic N) is 2. The molecule has 0 amide bonds. The minimum atomic E-state index is 0.170. The molecular formula is C13H20N4. The second-order valence-electron chi connectivity index (χ2n) is 4.60. The Bertz CT molecular complexity index is 368. The van der Waals surface area contributed by atoms with Crippen LogP contribution in [0.1, 0.15) is 44.2 Å². The fourth-order valence-corrected chi connectivity index (χ4v) is 2.22. The first-order chi connectivity index (χ1) is 8.25. The van der Waals surface area contributed by atoms with Crippen molar-refractivity contribution in [3.05, 3.63) is 30.1 Å². The standard InChI is InChI=1S/C13H20N4/c1-10(11-6-8-15-9-7-11)16-13(14)17-12-4-2-3-5-12/h6-10,12H,2-5H2,1H3,(H3,14,16,17). The highest BCUT2D eigenvalue weighted by Gasteiger charge is 2.14. The van der Waals surface area contributed by atoms with Crippen molar-refractivity contribution in [2.75, 3.05) is 0 Å². The molecule has 1 aromatic heterocycles. The maximum absolute atomic E-state index is 5.92. The van der Waals surface area contributed by atoms with Crippen LogP contribution < -0.4 is 11.1 Å². The molecule has 0 radical (unpaired) electrons. The summed E-state index contributed by atoms with van der Waals surface area (Å²) in [5, 5.41) is 3.22. The van der Waals surface area contributed by atoms with Crippen LogP contribution in [0.5, 0.6) is 0 Å². The number of pyridine rings is 1. The van der Waals surface area contributed by atoms with E-state index < -0.39 is 0 Å². The molecule has 1 saturated carbocycles. The SMILES string of the molecule is CC(NC(N)=NC1CCCC1)c1ccncc1. The van der Waals surface area contributed by atoms with Crippen LogP contribution in [0, 0.1) is 0 Å². The van der Waals surface area contributed by atoms with E-state index in [1.165, 1.54) is 31.2 Å². The molecule has 0 spiro atoms. The quantitative estimate of drug-likeness (QED) is 0.619. The molecule has 0 aromatic carbocycles. The summed E-state index contributed by atoms with van der Waals surface area (Å²) >= 11 is 0. The lowest BCUT2D eigenvalue weighted by Crippen LogP contribution is -2.34. The van der Waals surface area contributed by atoms with E-state index in [2.05, 4.69) is 22.2 Å². The fraction of sp³-hybridized carbons (Fsp3) is 0.538. The van der Waals surface area contributed by atoms with E-state index >= 15 is 0 Å². The van der Waals surface area contributed by atoms with Gasteiger partial charge in [-0.1, -0.05) is 12.8 Å². The lowest BCUT2D eigenvalue weighted by molar-refractivity contribution is 0.669. The van der Waals surface area contributed by atoms with E-state index in [1.807, 2.05) is 12.1 Å². The molecule has 1 atom stereocenters. The van der Waals surface area contributed by atoms with Gasteiger partial charge in [-0.3, -0.25) is 9.98 Å². The van der Waals surface area contributed by atoms with Crippen LogP contribution >= 0.6 is 0 Å². The third kappa shape index (κ3) is 3.44. The van der Waals surface area contributed by atoms with Gasteiger partial charge in [0.05, 0.1) is 12.1 Å². The van der Waals surface area contributed by atoms with Crippen molar-refractivity contribution in [3.8, 4) is 0 Å². The molecule has 17 heavy (non-hydrogen) atoms. The zero-order valence-electron chi connectivity index (χ0n) is 10.3. The van der Waals surface area contributed by atoms with Crippen molar-refractivity contribution in [1.29, 1.82) is 0 Å². The summed E-state index contributed by atoms with van der Waals surface area (Å²) in [5.74, 6) is 0.557. The molecule has 4 heteroatoms. The molecule has 3 N–H and O–H groups in total. The van der Waals surface area contributed by atoms with Crippen LogP contribution in [-0.4, -0.2) is 17.0 Å². The molecule has 1 aliphatic rings. The number of aliphatic imine (C=N–C) groups is 1. The predicted molar refractivity (Wildman–Crippen MR) is 69.7 cm³/mol. The van der Waals surface area contributed by atoms with E-state index in [-0.39, 0.29) is 6.04 Å². The summed E-state index contributed by atoms with van der Waals surface area (Å²) in [6.45, 7) is 2.08. The summed E-state index contributed by atoms with van der Waals surface area (Å²) in [5.41, 5.74) is 7.09. The average Bonchev–Trinajstić information content (AvgIpc) is 2.82. The minimum Gasteiger partial charge on any atom is -0.370 e. The lowest BCUT2D eigenvalue weighted by atomic mass is 10.1. The maximum atomic E-state index is 5.92. The van der Waals surface area contributed by atoms with E-state index in [0.29, 0.717) is 12.0 Å². The van der Waals surface area contributed by atoms with Crippen LogP contribution in [0.4, 0.5) is 0 Å². The Morgan fingerprint density at radius 2 is 2.06 bits per heavy atom. The predicted octanol–water partition coefficient (Wildman–Crippen LogP) is 1.99. The fourth-order valence-electron chi connectivity index (χ4n) is 2.22. The molecule has 1 aliphatic carbocycles. The van der Waals surface area contributed by atoms with Crippen LogP contribution in [0.15, 0.2) is 29.5 Å². The van der Waals surface area contributed by atoms with E-state index in [0.717, 1.165) is 0 Å². The molecule has 0 aliphatic heterocycles. The first kappa shape index (κ1) is 11.9. The lowest BCUT2D eigenvalue weighted by Gasteiger charge is -2.15. The highest BCUT2D eigenvalue weighted by atomic mass is 15.1. The first-order valence-corrected chi connectivity index (χ1v) is 6.25. The summed E-state index contributed by atoms with van der Waals surface area (Å²) in [4.78, 5) is 8.51. The Hall–Kier alpha value is -1.58. The number of aromatic nitrogens is 1. The summed E-state index contributed by atoms with van der Waals surface area (Å²) in [6, 6.07) is 4.57. The molecule has 1 aromatic rings. The number of nitrogens with two attached hydrogens (primary N) is 1. The van der Waals surface area contributed by atoms with E-state index in [1.54, 1.807) is 12.4 Å². The molecule has 0 saturated heterocycles. The highest BCUT2D eigenvalue weighted by Crippen LogP contribution is 2.20. The molecule has 2 rings (SSSR count). The van der Waals surface area contributed by atoms with Gasteiger partial charge in [0.15, 0.2) is 5.96 Å². The normalized spacial score (nSPS) is 19.2. The molecule has 92 valence electrons. The van der Waals surface area contributed by atoms with Gasteiger partial charge < -0.3 is 11.1 Å². The first-order valence-electron chi connectivity index (χ1n) is 6.25. The van der Waals surface area contributed by atoms with Gasteiger partial charge in [-0.2, -0.15) is 0 Å². The Kier molecular flexibility index (Phi) is 3.96. The Balaban J connectivity index is 1.91. The van der Waals surface area contributed by atoms with Gasteiger partial charge >= 0.3 is 0 Å². The summed E-state index contributed by atoms with van der Waals surface area (Å²) in [7, 11) is 0. The zero-order valence-corrected chi connectivity index (χ0v) is 10.3. The van der Waals surface area contributed by atoms with Crippen LogP contribution in [-0.2, 0) is 0 Å². The highest BCUT2D eigenvalue weighted by molar-refractivity contribution is 5.78. The van der Waals surface area contributed by atoms with Crippen molar-refractivity contribution < 1.29 is 0 Å². The van der Waals surface area contributed by atoms with E-state index in [9.17, 15) is 0 Å². The van der Waals surface area contributed by atoms with Gasteiger partial charge in [0.25, 0.3) is 0 Å². The van der Waals surface area contributed by atoms with Gasteiger partial charge in [0.2, 0.25) is 0 Å². The summed E-state index contributed by atoms with van der Waals surface area (Å²) < 4.78 is 0. The number of hydrogen-bond donors (Lipinski definition) is 2. The topological polar surface area (TPSA) is 63.3 Å². The minimum absolute atomic E-state index is 0.170. The van der Waals surface area contributed by atoms with Gasteiger partial charge in [-0.25, -0.2) is 0 Å². The molecule has 4 nitrogen and oxygen atoms in total. The second kappa shape index (κ2) is 5.66. The van der Waals surface area contributed by atoms with Crippen LogP contribution in [0.3, 0.4) is 0 Å². The average molecular weight is 232 g/mol. The molecular weight excluding hydrogens is 212 g/mol. The largest absolute Gasteiger partial charge is 0.370 e. The van der Waals surface area contributed by atoms with Crippen molar-refractivity contribution in [3.63, 3.8) is 0 Å². The van der Waals surface area contributed by atoms with Gasteiger partial charge in [0.1, 0.15) is 0 Å². The monoisotopic (exact) mass is 232 g/mol. The van der Waals surface area contributed by atoms with Crippen molar-refractivity contribution in [2.24, 2.45) is 10.7 Å². The van der Waals surface area contributed by atoms with Crippen molar-refractivity contribution in [1.82, 2.24) is 10.3 Å². The third-order valence-corrected chi connectivity index (χ3v) is 3.22. The van der Waals surface area contributed by atoms with Gasteiger partial charge in [-0.05, 0) is 37.5 Å². The molecule has 1 fully saturated rings. The zero-order chi connectivity index (χ0) is 12.1. The smallest absolute Gasteiger partial charge is 0.189 e. The third-order valence-electron chi connectivity index (χ3n) is 3.22. The second-order valence-corrected chi connectivity index (χ2v) is 4.60. The Morgan fingerprint density at radius 1 is 1.41 bits per heavy atom.